The number of aliphatic hydroxyl groups is 1. The van der Waals surface area contributed by atoms with Crippen LogP contribution in [0.2, 0.25) is 0 Å². The molecule has 0 radical (unpaired) electrons. The first kappa shape index (κ1) is 24.1. The van der Waals surface area contributed by atoms with Crippen LogP contribution in [0.25, 0.3) is 5.69 Å². The molecule has 186 valence electrons. The lowest BCUT2D eigenvalue weighted by Crippen LogP contribution is -2.30. The number of hydrogen-bond acceptors (Lipinski definition) is 5. The Kier molecular flexibility index (Phi) is 7.35. The molecule has 0 aliphatic heterocycles. The summed E-state index contributed by atoms with van der Waals surface area (Å²) < 4.78 is 13.7. The molecule has 1 aliphatic carbocycles. The van der Waals surface area contributed by atoms with Crippen molar-refractivity contribution in [1.82, 2.24) is 14.7 Å². The number of ether oxygens (including phenoxy) is 2. The fourth-order valence-electron chi connectivity index (χ4n) is 4.44. The van der Waals surface area contributed by atoms with Crippen LogP contribution in [0.3, 0.4) is 0 Å². The van der Waals surface area contributed by atoms with Crippen LogP contribution in [0.1, 0.15) is 35.8 Å². The van der Waals surface area contributed by atoms with Crippen LogP contribution < -0.4 is 9.47 Å². The molecule has 1 saturated carbocycles. The molecule has 1 heterocycles. The van der Waals surface area contributed by atoms with E-state index in [9.17, 15) is 5.11 Å². The molecule has 0 spiro atoms. The summed E-state index contributed by atoms with van der Waals surface area (Å²) >= 11 is 0. The largest absolute Gasteiger partial charge is 0.497 e. The topological polar surface area (TPSA) is 59.8 Å². The first-order chi connectivity index (χ1) is 17.6. The third-order valence-corrected chi connectivity index (χ3v) is 6.62. The number of nitrogens with zero attached hydrogens (tertiary/aromatic N) is 3. The van der Waals surface area contributed by atoms with Gasteiger partial charge >= 0.3 is 0 Å². The molecule has 6 nitrogen and oxygen atoms in total. The van der Waals surface area contributed by atoms with Gasteiger partial charge in [0.25, 0.3) is 0 Å². The van der Waals surface area contributed by atoms with Crippen molar-refractivity contribution in [3.63, 3.8) is 0 Å². The summed E-state index contributed by atoms with van der Waals surface area (Å²) in [6.45, 7) is 4.17. The second-order valence-corrected chi connectivity index (χ2v) is 9.46. The summed E-state index contributed by atoms with van der Waals surface area (Å²) in [7, 11) is 1.65. The Balaban J connectivity index is 1.47. The Hall–Kier alpha value is -3.61. The predicted octanol–water partition coefficient (Wildman–Crippen LogP) is 5.93. The smallest absolute Gasteiger partial charge is 0.227 e. The molecule has 5 rings (SSSR count). The minimum atomic E-state index is -0.555. The van der Waals surface area contributed by atoms with E-state index in [4.69, 9.17) is 14.6 Å². The molecule has 6 heteroatoms. The summed E-state index contributed by atoms with van der Waals surface area (Å²) in [6, 6.07) is 27.5. The summed E-state index contributed by atoms with van der Waals surface area (Å²) in [4.78, 5) is 2.34. The molecule has 1 atom stereocenters. The van der Waals surface area contributed by atoms with Crippen molar-refractivity contribution in [2.75, 3.05) is 20.2 Å². The van der Waals surface area contributed by atoms with Gasteiger partial charge < -0.3 is 14.6 Å². The number of rotatable bonds is 11. The molecular weight excluding hydrogens is 450 g/mol. The highest BCUT2D eigenvalue weighted by Crippen LogP contribution is 2.35. The van der Waals surface area contributed by atoms with E-state index in [1.54, 1.807) is 7.11 Å². The Labute approximate surface area is 212 Å². The van der Waals surface area contributed by atoms with Crippen LogP contribution in [-0.4, -0.2) is 40.0 Å². The predicted molar refractivity (Wildman–Crippen MR) is 141 cm³/mol. The second kappa shape index (κ2) is 11.0. The third-order valence-electron chi connectivity index (χ3n) is 6.62. The Morgan fingerprint density at radius 3 is 2.22 bits per heavy atom. The summed E-state index contributed by atoms with van der Waals surface area (Å²) in [5, 5.41) is 15.9. The fraction of sp³-hybridized carbons (Fsp3) is 0.300. The Bertz CT molecular complexity index is 1250. The molecule has 1 aromatic heterocycles. The summed E-state index contributed by atoms with van der Waals surface area (Å²) in [6.07, 6.45) is 1.94. The van der Waals surface area contributed by atoms with Gasteiger partial charge in [0.1, 0.15) is 11.5 Å². The Morgan fingerprint density at radius 2 is 1.58 bits per heavy atom. The van der Waals surface area contributed by atoms with Gasteiger partial charge in [0.05, 0.1) is 30.2 Å². The van der Waals surface area contributed by atoms with Crippen molar-refractivity contribution in [3.05, 3.63) is 102 Å². The van der Waals surface area contributed by atoms with Crippen LogP contribution in [-0.2, 0) is 6.54 Å². The van der Waals surface area contributed by atoms with Gasteiger partial charge in [-0.05, 0) is 67.6 Å². The standard InChI is InChI=1S/C30H33N3O3/c1-22-28(20-32(19-23-13-14-23)21-29(34)24-9-5-3-6-10-24)30(33(31-22)25-11-7-4-8-12-25)36-27-17-15-26(35-2)16-18-27/h3-12,15-18,23,29,34H,13-14,19-21H2,1-2H3/t29-/m0/s1. The van der Waals surface area contributed by atoms with Crippen LogP contribution in [0, 0.1) is 12.8 Å². The molecule has 3 aromatic carbocycles. The lowest BCUT2D eigenvalue weighted by Gasteiger charge is -2.25. The molecule has 1 fully saturated rings. The average Bonchev–Trinajstić information content (AvgIpc) is 3.69. The number of aryl methyl sites for hydroxylation is 1. The van der Waals surface area contributed by atoms with Gasteiger partial charge in [-0.15, -0.1) is 0 Å². The van der Waals surface area contributed by atoms with Crippen molar-refractivity contribution < 1.29 is 14.6 Å². The number of benzene rings is 3. The minimum absolute atomic E-state index is 0.554. The van der Waals surface area contributed by atoms with Crippen LogP contribution >= 0.6 is 0 Å². The van der Waals surface area contributed by atoms with Crippen LogP contribution in [0.15, 0.2) is 84.9 Å². The summed E-state index contributed by atoms with van der Waals surface area (Å²) in [5.74, 6) is 2.87. The van der Waals surface area contributed by atoms with E-state index < -0.39 is 6.10 Å². The van der Waals surface area contributed by atoms with Crippen molar-refractivity contribution >= 4 is 0 Å². The number of para-hydroxylation sites is 1. The molecule has 0 unspecified atom stereocenters. The molecular formula is C30H33N3O3. The maximum absolute atomic E-state index is 11.0. The number of aromatic nitrogens is 2. The second-order valence-electron chi connectivity index (χ2n) is 9.46. The fourth-order valence-corrected chi connectivity index (χ4v) is 4.44. The number of aliphatic hydroxyl groups excluding tert-OH is 1. The van der Waals surface area contributed by atoms with Crippen LogP contribution in [0.5, 0.6) is 17.4 Å². The highest BCUT2D eigenvalue weighted by Gasteiger charge is 2.28. The van der Waals surface area contributed by atoms with Gasteiger partial charge in [-0.1, -0.05) is 48.5 Å². The van der Waals surface area contributed by atoms with Crippen molar-refractivity contribution in [1.29, 1.82) is 0 Å². The van der Waals surface area contributed by atoms with E-state index in [1.807, 2.05) is 96.5 Å². The van der Waals surface area contributed by atoms with E-state index >= 15 is 0 Å². The number of methoxy groups -OCH3 is 1. The lowest BCUT2D eigenvalue weighted by molar-refractivity contribution is 0.105. The normalized spacial score (nSPS) is 14.1. The van der Waals surface area contributed by atoms with Gasteiger partial charge in [-0.2, -0.15) is 5.10 Å². The van der Waals surface area contributed by atoms with E-state index in [0.29, 0.717) is 30.6 Å². The zero-order valence-electron chi connectivity index (χ0n) is 20.9. The Morgan fingerprint density at radius 1 is 0.944 bits per heavy atom. The zero-order valence-corrected chi connectivity index (χ0v) is 20.9. The van der Waals surface area contributed by atoms with Crippen LogP contribution in [0.4, 0.5) is 0 Å². The quantitative estimate of drug-likeness (QED) is 0.287. The average molecular weight is 484 g/mol. The van der Waals surface area contributed by atoms with Crippen molar-refractivity contribution in [2.45, 2.75) is 32.4 Å². The lowest BCUT2D eigenvalue weighted by atomic mass is 10.1. The van der Waals surface area contributed by atoms with E-state index in [2.05, 4.69) is 4.90 Å². The van der Waals surface area contributed by atoms with Gasteiger partial charge in [0.2, 0.25) is 5.88 Å². The zero-order chi connectivity index (χ0) is 24.9. The maximum atomic E-state index is 11.0. The number of hydrogen-bond donors (Lipinski definition) is 1. The van der Waals surface area contributed by atoms with Gasteiger partial charge in [0, 0.05) is 19.6 Å². The molecule has 0 saturated heterocycles. The third kappa shape index (κ3) is 5.78. The van der Waals surface area contributed by atoms with Gasteiger partial charge in [0.15, 0.2) is 0 Å². The SMILES string of the molecule is COc1ccc(Oc2c(CN(CC3CC3)C[C@H](O)c3ccccc3)c(C)nn2-c2ccccc2)cc1. The molecule has 0 amide bonds. The highest BCUT2D eigenvalue weighted by atomic mass is 16.5. The minimum Gasteiger partial charge on any atom is -0.497 e. The van der Waals surface area contributed by atoms with E-state index in [0.717, 1.165) is 34.8 Å². The molecule has 36 heavy (non-hydrogen) atoms. The molecule has 4 aromatic rings. The first-order valence-electron chi connectivity index (χ1n) is 12.5. The highest BCUT2D eigenvalue weighted by molar-refractivity contribution is 5.44. The van der Waals surface area contributed by atoms with E-state index in [-0.39, 0.29) is 0 Å². The van der Waals surface area contributed by atoms with Crippen molar-refractivity contribution in [3.8, 4) is 23.1 Å². The molecule has 0 bridgehead atoms. The molecule has 1 N–H and O–H groups in total. The monoisotopic (exact) mass is 483 g/mol. The maximum Gasteiger partial charge on any atom is 0.227 e. The van der Waals surface area contributed by atoms with Crippen molar-refractivity contribution in [2.24, 2.45) is 5.92 Å². The summed E-state index contributed by atoms with van der Waals surface area (Å²) in [5.41, 5.74) is 3.81. The van der Waals surface area contributed by atoms with Gasteiger partial charge in [-0.25, -0.2) is 4.68 Å². The molecule has 1 aliphatic rings. The van der Waals surface area contributed by atoms with E-state index in [1.165, 1.54) is 12.8 Å². The first-order valence-corrected chi connectivity index (χ1v) is 12.5. The van der Waals surface area contributed by atoms with Gasteiger partial charge in [-0.3, -0.25) is 4.90 Å².